The number of aromatic nitrogens is 2. The van der Waals surface area contributed by atoms with Crippen molar-refractivity contribution in [3.05, 3.63) is 97.6 Å². The van der Waals surface area contributed by atoms with Gasteiger partial charge in [0.25, 0.3) is 5.56 Å². The van der Waals surface area contributed by atoms with E-state index in [-0.39, 0.29) is 56.7 Å². The van der Waals surface area contributed by atoms with Gasteiger partial charge in [-0.25, -0.2) is 14.2 Å². The predicted molar refractivity (Wildman–Crippen MR) is 235 cm³/mol. The van der Waals surface area contributed by atoms with Gasteiger partial charge in [-0.05, 0) is 54.5 Å². The van der Waals surface area contributed by atoms with Crippen molar-refractivity contribution in [2.75, 3.05) is 46.7 Å². The van der Waals surface area contributed by atoms with Gasteiger partial charge in [-0.3, -0.25) is 33.6 Å². The fourth-order valence-corrected chi connectivity index (χ4v) is 8.57. The maximum Gasteiger partial charge on any atom is 0.343 e. The molecule has 2 aromatic heterocycles. The van der Waals surface area contributed by atoms with Crippen LogP contribution in [0.2, 0.25) is 0 Å². The van der Waals surface area contributed by atoms with E-state index in [9.17, 15) is 43.5 Å². The van der Waals surface area contributed by atoms with Crippen molar-refractivity contribution in [3.8, 4) is 11.4 Å². The Morgan fingerprint density at radius 2 is 1.66 bits per heavy atom. The van der Waals surface area contributed by atoms with Crippen LogP contribution in [0.5, 0.6) is 0 Å². The smallest absolute Gasteiger partial charge is 0.343 e. The number of hydrogen-bond donors (Lipinski definition) is 7. The number of nitrogens with zero attached hydrogens (tertiary/aromatic N) is 2. The molecule has 4 aromatic rings. The SMILES string of the molecule is CC[C@@]1(O)C(=O)OCc2c1cc1n(c2=O)Cc2c-1nc1cc(F)c(C)c3c1c2[C@@H](NC(=O)COCNC(=O)CNC(=O)[C@H](Cc1ccccc1)NC(=O)CNC(=O)CNC(=O)CCOC)CC3. The number of rotatable bonds is 19. The standard InChI is InChI=1S/C46H51FN8O12/c1-4-46(64)29-15-34-42-27(20-55(34)44(62)28(29)21-67-45(46)63)41-31(11-10-26-24(2)30(47)16-32(54-42)40(26)41)52-39(60)22-66-23-51-37(58)18-50-43(61)33(14-25-8-6-5-7-9-25)53-38(59)19-49-36(57)17-48-35(56)12-13-65-3/h5-9,15-16,31,33,64H,4,10-14,17-23H2,1-3H3,(H,48,56)(H,49,57)(H,50,61)(H,51,58)(H,52,60)(H,53,59)/t31-,33-,46-/m0/s1. The number of amides is 6. The maximum atomic E-state index is 15.3. The molecule has 7 rings (SSSR count). The number of benzene rings is 2. The summed E-state index contributed by atoms with van der Waals surface area (Å²) in [5.41, 5.74) is 1.95. The monoisotopic (exact) mass is 926 g/mol. The molecule has 3 aliphatic rings. The van der Waals surface area contributed by atoms with Crippen LogP contribution < -0.4 is 37.5 Å². The third-order valence-electron chi connectivity index (χ3n) is 12.1. The summed E-state index contributed by atoms with van der Waals surface area (Å²) in [6.45, 7) is 0.974. The zero-order valence-electron chi connectivity index (χ0n) is 37.1. The van der Waals surface area contributed by atoms with Crippen LogP contribution in [-0.2, 0) is 79.4 Å². The van der Waals surface area contributed by atoms with Crippen molar-refractivity contribution in [2.24, 2.45) is 0 Å². The van der Waals surface area contributed by atoms with Crippen molar-refractivity contribution in [1.82, 2.24) is 41.5 Å². The summed E-state index contributed by atoms with van der Waals surface area (Å²) < 4.78 is 32.3. The van der Waals surface area contributed by atoms with E-state index in [1.165, 1.54) is 17.7 Å². The van der Waals surface area contributed by atoms with Crippen LogP contribution >= 0.6 is 0 Å². The average molecular weight is 927 g/mol. The Morgan fingerprint density at radius 3 is 2.40 bits per heavy atom. The minimum Gasteiger partial charge on any atom is -0.458 e. The van der Waals surface area contributed by atoms with Crippen molar-refractivity contribution in [1.29, 1.82) is 0 Å². The van der Waals surface area contributed by atoms with E-state index in [2.05, 4.69) is 31.9 Å². The lowest BCUT2D eigenvalue weighted by Crippen LogP contribution is -2.52. The van der Waals surface area contributed by atoms with E-state index < -0.39 is 96.9 Å². The Bertz CT molecular complexity index is 2710. The molecule has 0 saturated heterocycles. The first-order valence-corrected chi connectivity index (χ1v) is 21.7. The molecule has 20 nitrogen and oxygen atoms in total. The minimum atomic E-state index is -2.04. The third-order valence-corrected chi connectivity index (χ3v) is 12.1. The number of halogens is 1. The molecule has 2 aliphatic heterocycles. The number of ether oxygens (including phenoxy) is 3. The highest BCUT2D eigenvalue weighted by molar-refractivity contribution is 5.95. The number of methoxy groups -OCH3 is 1. The quantitative estimate of drug-likeness (QED) is 0.0323. The van der Waals surface area contributed by atoms with Crippen molar-refractivity contribution in [3.63, 3.8) is 0 Å². The van der Waals surface area contributed by atoms with Crippen LogP contribution in [0.3, 0.4) is 0 Å². The summed E-state index contributed by atoms with van der Waals surface area (Å²) in [6, 6.07) is 9.93. The van der Waals surface area contributed by atoms with E-state index in [0.717, 1.165) is 5.56 Å². The second kappa shape index (κ2) is 20.6. The molecule has 354 valence electrons. The third kappa shape index (κ3) is 10.3. The van der Waals surface area contributed by atoms with Crippen molar-refractivity contribution in [2.45, 2.75) is 76.8 Å². The van der Waals surface area contributed by atoms with E-state index >= 15 is 4.39 Å². The number of pyridine rings is 2. The first-order chi connectivity index (χ1) is 32.1. The number of carbonyl (C=O) groups is 7. The second-order valence-corrected chi connectivity index (χ2v) is 16.4. The molecular weight excluding hydrogens is 876 g/mol. The predicted octanol–water partition coefficient (Wildman–Crippen LogP) is -0.166. The molecule has 0 fully saturated rings. The summed E-state index contributed by atoms with van der Waals surface area (Å²) in [4.78, 5) is 107. The van der Waals surface area contributed by atoms with Gasteiger partial charge >= 0.3 is 5.97 Å². The Balaban J connectivity index is 0.950. The molecule has 21 heteroatoms. The molecule has 0 radical (unpaired) electrons. The topological polar surface area (TPSA) is 274 Å². The number of carbonyl (C=O) groups excluding carboxylic acids is 7. The van der Waals surface area contributed by atoms with Gasteiger partial charge in [-0.15, -0.1) is 0 Å². The normalized spacial score (nSPS) is 17.0. The van der Waals surface area contributed by atoms with Gasteiger partial charge in [0.1, 0.15) is 31.8 Å². The molecule has 6 amide bonds. The molecule has 0 unspecified atom stereocenters. The average Bonchev–Trinajstić information content (AvgIpc) is 3.69. The lowest BCUT2D eigenvalue weighted by Gasteiger charge is -2.31. The van der Waals surface area contributed by atoms with E-state index in [0.29, 0.717) is 57.4 Å². The van der Waals surface area contributed by atoms with Crippen LogP contribution in [0.25, 0.3) is 22.3 Å². The number of fused-ring (bicyclic) bond motifs is 5. The highest BCUT2D eigenvalue weighted by Gasteiger charge is 2.46. The Kier molecular flexibility index (Phi) is 14.7. The Hall–Kier alpha value is -7.10. The first-order valence-electron chi connectivity index (χ1n) is 21.7. The number of aliphatic hydroxyl groups is 1. The number of hydrogen-bond acceptors (Lipinski definition) is 13. The highest BCUT2D eigenvalue weighted by atomic mass is 19.1. The molecule has 0 bridgehead atoms. The number of esters is 1. The van der Waals surface area contributed by atoms with Gasteiger partial charge in [-0.2, -0.15) is 0 Å². The van der Waals surface area contributed by atoms with Gasteiger partial charge < -0.3 is 55.8 Å². The van der Waals surface area contributed by atoms with Gasteiger partial charge in [-0.1, -0.05) is 37.3 Å². The van der Waals surface area contributed by atoms with Crippen molar-refractivity contribution >= 4 is 52.3 Å². The largest absolute Gasteiger partial charge is 0.458 e. The first kappa shape index (κ1) is 47.9. The minimum absolute atomic E-state index is 0.0429. The zero-order chi connectivity index (χ0) is 48.0. The molecule has 2 aromatic carbocycles. The number of cyclic esters (lactones) is 1. The molecule has 1 aliphatic carbocycles. The molecule has 0 saturated carbocycles. The van der Waals surface area contributed by atoms with Crippen LogP contribution in [0.1, 0.15) is 71.2 Å². The lowest BCUT2D eigenvalue weighted by molar-refractivity contribution is -0.172. The van der Waals surface area contributed by atoms with E-state index in [1.807, 2.05) is 0 Å². The Morgan fingerprint density at radius 1 is 0.940 bits per heavy atom. The molecule has 0 spiro atoms. The lowest BCUT2D eigenvalue weighted by atomic mass is 9.81. The molecule has 7 N–H and O–H groups in total. The molecular formula is C46H51FN8O12. The highest BCUT2D eigenvalue weighted by Crippen LogP contribution is 2.46. The fourth-order valence-electron chi connectivity index (χ4n) is 8.57. The fraction of sp³-hybridized carbons (Fsp3) is 0.413. The molecule has 4 heterocycles. The summed E-state index contributed by atoms with van der Waals surface area (Å²) in [5, 5.41) is 27.3. The number of nitrogens with one attached hydrogen (secondary N) is 6. The number of aryl methyl sites for hydroxylation is 1. The van der Waals surface area contributed by atoms with Gasteiger partial charge in [0, 0.05) is 42.5 Å². The molecule has 3 atom stereocenters. The summed E-state index contributed by atoms with van der Waals surface area (Å²) in [5.74, 6) is -4.93. The summed E-state index contributed by atoms with van der Waals surface area (Å²) in [6.07, 6.45) is 0.867. The van der Waals surface area contributed by atoms with Gasteiger partial charge in [0.2, 0.25) is 35.4 Å². The van der Waals surface area contributed by atoms with Crippen molar-refractivity contribution < 1.29 is 57.3 Å². The van der Waals surface area contributed by atoms with Crippen LogP contribution in [-0.4, -0.2) is 109 Å². The summed E-state index contributed by atoms with van der Waals surface area (Å²) >= 11 is 0. The van der Waals surface area contributed by atoms with Gasteiger partial charge in [0.05, 0.1) is 61.3 Å². The Labute approximate surface area is 382 Å². The van der Waals surface area contributed by atoms with Crippen LogP contribution in [0, 0.1) is 12.7 Å². The van der Waals surface area contributed by atoms with Crippen LogP contribution in [0.4, 0.5) is 4.39 Å². The molecule has 67 heavy (non-hydrogen) atoms. The maximum absolute atomic E-state index is 15.3. The second-order valence-electron chi connectivity index (χ2n) is 16.4. The van der Waals surface area contributed by atoms with E-state index in [1.54, 1.807) is 50.2 Å². The van der Waals surface area contributed by atoms with Crippen LogP contribution in [0.15, 0.2) is 47.3 Å². The van der Waals surface area contributed by atoms with Gasteiger partial charge in [0.15, 0.2) is 5.60 Å². The summed E-state index contributed by atoms with van der Waals surface area (Å²) in [7, 11) is 1.44. The van der Waals surface area contributed by atoms with E-state index in [4.69, 9.17) is 19.2 Å². The zero-order valence-corrected chi connectivity index (χ0v) is 37.1.